The molecule has 2 aromatic rings. The van der Waals surface area contributed by atoms with Crippen LogP contribution in [-0.4, -0.2) is 7.11 Å². The number of thiophene rings is 1. The lowest BCUT2D eigenvalue weighted by Gasteiger charge is -2.04. The van der Waals surface area contributed by atoms with Crippen molar-refractivity contribution < 1.29 is 4.74 Å². The molecule has 0 aliphatic heterocycles. The Kier molecular flexibility index (Phi) is 2.88. The Bertz CT molecular complexity index is 440. The second-order valence-corrected chi connectivity index (χ2v) is 4.13. The maximum absolute atomic E-state index is 5.11. The topological polar surface area (TPSA) is 9.23 Å². The first-order chi connectivity index (χ1) is 7.31. The fraction of sp³-hybridized carbons (Fsp3) is 0.0769. The fourth-order valence-corrected chi connectivity index (χ4v) is 2.11. The maximum Gasteiger partial charge on any atom is 0.118 e. The van der Waals surface area contributed by atoms with Crippen molar-refractivity contribution in [2.45, 2.75) is 0 Å². The lowest BCUT2D eigenvalue weighted by molar-refractivity contribution is 0.415. The van der Waals surface area contributed by atoms with Crippen molar-refractivity contribution in [3.05, 3.63) is 58.8 Å². The van der Waals surface area contributed by atoms with Crippen LogP contribution in [0.3, 0.4) is 0 Å². The number of hydrogen-bond acceptors (Lipinski definition) is 2. The molecule has 1 nitrogen and oxygen atoms in total. The molecule has 2 rings (SSSR count). The molecule has 0 fully saturated rings. The van der Waals surface area contributed by atoms with Gasteiger partial charge in [0.1, 0.15) is 5.75 Å². The molecule has 2 heteroatoms. The molecule has 0 bridgehead atoms. The lowest BCUT2D eigenvalue weighted by atomic mass is 10.1. The van der Waals surface area contributed by atoms with Gasteiger partial charge >= 0.3 is 0 Å². The Morgan fingerprint density at radius 2 is 1.93 bits per heavy atom. The molecule has 0 saturated heterocycles. The smallest absolute Gasteiger partial charge is 0.118 e. The van der Waals surface area contributed by atoms with E-state index in [1.165, 1.54) is 4.88 Å². The lowest BCUT2D eigenvalue weighted by Crippen LogP contribution is -1.85. The van der Waals surface area contributed by atoms with Crippen LogP contribution in [0.1, 0.15) is 10.4 Å². The Morgan fingerprint density at radius 1 is 1.20 bits per heavy atom. The van der Waals surface area contributed by atoms with Gasteiger partial charge in [-0.1, -0.05) is 24.8 Å². The van der Waals surface area contributed by atoms with E-state index in [4.69, 9.17) is 4.74 Å². The zero-order valence-corrected chi connectivity index (χ0v) is 9.38. The summed E-state index contributed by atoms with van der Waals surface area (Å²) in [6.45, 7) is 4.09. The molecule has 1 aromatic carbocycles. The van der Waals surface area contributed by atoms with Gasteiger partial charge in [-0.15, -0.1) is 11.3 Å². The van der Waals surface area contributed by atoms with E-state index in [2.05, 4.69) is 18.0 Å². The quantitative estimate of drug-likeness (QED) is 0.758. The molecule has 0 aliphatic carbocycles. The van der Waals surface area contributed by atoms with Crippen molar-refractivity contribution in [1.82, 2.24) is 0 Å². The summed E-state index contributed by atoms with van der Waals surface area (Å²) < 4.78 is 5.11. The SMILES string of the molecule is C=C(c1ccc(OC)cc1)c1cccs1. The van der Waals surface area contributed by atoms with Gasteiger partial charge in [-0.05, 0) is 34.7 Å². The highest BCUT2D eigenvalue weighted by atomic mass is 32.1. The Labute approximate surface area is 93.6 Å². The third-order valence-corrected chi connectivity index (χ3v) is 3.19. The van der Waals surface area contributed by atoms with Crippen LogP contribution in [-0.2, 0) is 0 Å². The third kappa shape index (κ3) is 2.10. The number of rotatable bonds is 3. The molecule has 0 spiro atoms. The average Bonchev–Trinajstić information content (AvgIpc) is 2.82. The summed E-state index contributed by atoms with van der Waals surface area (Å²) in [4.78, 5) is 1.21. The van der Waals surface area contributed by atoms with Gasteiger partial charge in [0.05, 0.1) is 7.11 Å². The zero-order valence-electron chi connectivity index (χ0n) is 8.57. The van der Waals surface area contributed by atoms with E-state index in [-0.39, 0.29) is 0 Å². The van der Waals surface area contributed by atoms with Crippen molar-refractivity contribution in [2.24, 2.45) is 0 Å². The number of benzene rings is 1. The fourth-order valence-electron chi connectivity index (χ4n) is 1.38. The van der Waals surface area contributed by atoms with Crippen molar-refractivity contribution in [3.63, 3.8) is 0 Å². The standard InChI is InChI=1S/C13H12OS/c1-10(13-4-3-9-15-13)11-5-7-12(14-2)8-6-11/h3-9H,1H2,2H3. The summed E-state index contributed by atoms with van der Waals surface area (Å²) in [5.41, 5.74) is 2.20. The summed E-state index contributed by atoms with van der Waals surface area (Å²) in [7, 11) is 1.67. The van der Waals surface area contributed by atoms with Gasteiger partial charge in [-0.2, -0.15) is 0 Å². The van der Waals surface area contributed by atoms with E-state index >= 15 is 0 Å². The highest BCUT2D eigenvalue weighted by molar-refractivity contribution is 7.11. The van der Waals surface area contributed by atoms with Crippen LogP contribution in [0.5, 0.6) is 5.75 Å². The third-order valence-electron chi connectivity index (χ3n) is 2.26. The molecular weight excluding hydrogens is 204 g/mol. The molecule has 0 unspecified atom stereocenters. The van der Waals surface area contributed by atoms with Crippen molar-refractivity contribution >= 4 is 16.9 Å². The Hall–Kier alpha value is -1.54. The van der Waals surface area contributed by atoms with Crippen LogP contribution in [0, 0.1) is 0 Å². The molecule has 0 radical (unpaired) electrons. The zero-order chi connectivity index (χ0) is 10.7. The highest BCUT2D eigenvalue weighted by Crippen LogP contribution is 2.26. The molecule has 0 aliphatic rings. The van der Waals surface area contributed by atoms with Gasteiger partial charge in [0, 0.05) is 4.88 Å². The Balaban J connectivity index is 2.27. The van der Waals surface area contributed by atoms with E-state index in [9.17, 15) is 0 Å². The van der Waals surface area contributed by atoms with Crippen LogP contribution in [0.2, 0.25) is 0 Å². The normalized spacial score (nSPS) is 9.93. The molecule has 76 valence electrons. The molecule has 0 amide bonds. The molecule has 0 saturated carbocycles. The Morgan fingerprint density at radius 3 is 2.47 bits per heavy atom. The first-order valence-corrected chi connectivity index (χ1v) is 5.56. The average molecular weight is 216 g/mol. The second kappa shape index (κ2) is 4.32. The number of ether oxygens (including phenoxy) is 1. The molecule has 15 heavy (non-hydrogen) atoms. The second-order valence-electron chi connectivity index (χ2n) is 3.18. The van der Waals surface area contributed by atoms with Crippen LogP contribution in [0.4, 0.5) is 0 Å². The van der Waals surface area contributed by atoms with E-state index in [0.717, 1.165) is 16.9 Å². The summed E-state index contributed by atoms with van der Waals surface area (Å²) >= 11 is 1.71. The van der Waals surface area contributed by atoms with Crippen LogP contribution in [0.15, 0.2) is 48.4 Å². The number of hydrogen-bond donors (Lipinski definition) is 0. The predicted molar refractivity (Wildman–Crippen MR) is 65.4 cm³/mol. The van der Waals surface area contributed by atoms with E-state index in [1.54, 1.807) is 18.4 Å². The number of methoxy groups -OCH3 is 1. The summed E-state index contributed by atoms with van der Waals surface area (Å²) in [5.74, 6) is 0.873. The molecular formula is C13H12OS. The summed E-state index contributed by atoms with van der Waals surface area (Å²) in [5, 5.41) is 2.06. The maximum atomic E-state index is 5.11. The van der Waals surface area contributed by atoms with Crippen molar-refractivity contribution in [1.29, 1.82) is 0 Å². The molecule has 0 N–H and O–H groups in total. The first-order valence-electron chi connectivity index (χ1n) is 4.68. The van der Waals surface area contributed by atoms with Gasteiger partial charge < -0.3 is 4.74 Å². The van der Waals surface area contributed by atoms with E-state index in [0.29, 0.717) is 0 Å². The van der Waals surface area contributed by atoms with Crippen LogP contribution >= 0.6 is 11.3 Å². The minimum atomic E-state index is 0.873. The summed E-state index contributed by atoms with van der Waals surface area (Å²) in [6.07, 6.45) is 0. The van der Waals surface area contributed by atoms with Crippen molar-refractivity contribution in [3.8, 4) is 5.75 Å². The molecule has 1 heterocycles. The monoisotopic (exact) mass is 216 g/mol. The van der Waals surface area contributed by atoms with Crippen molar-refractivity contribution in [2.75, 3.05) is 7.11 Å². The van der Waals surface area contributed by atoms with Gasteiger partial charge in [-0.25, -0.2) is 0 Å². The van der Waals surface area contributed by atoms with Gasteiger partial charge in [0.25, 0.3) is 0 Å². The van der Waals surface area contributed by atoms with Crippen LogP contribution < -0.4 is 4.74 Å². The summed E-state index contributed by atoms with van der Waals surface area (Å²) in [6, 6.07) is 12.1. The van der Waals surface area contributed by atoms with Gasteiger partial charge in [0.15, 0.2) is 0 Å². The molecule has 1 aromatic heterocycles. The van der Waals surface area contributed by atoms with E-state index < -0.39 is 0 Å². The van der Waals surface area contributed by atoms with Gasteiger partial charge in [0.2, 0.25) is 0 Å². The highest BCUT2D eigenvalue weighted by Gasteiger charge is 2.02. The minimum Gasteiger partial charge on any atom is -0.497 e. The van der Waals surface area contributed by atoms with Gasteiger partial charge in [-0.3, -0.25) is 0 Å². The van der Waals surface area contributed by atoms with Crippen LogP contribution in [0.25, 0.3) is 5.57 Å². The first kappa shape index (κ1) is 9.99. The molecule has 0 atom stereocenters. The predicted octanol–water partition coefficient (Wildman–Crippen LogP) is 3.82. The largest absolute Gasteiger partial charge is 0.497 e. The minimum absolute atomic E-state index is 0.873. The van der Waals surface area contributed by atoms with E-state index in [1.807, 2.05) is 30.3 Å².